The van der Waals surface area contributed by atoms with Gasteiger partial charge in [0.25, 0.3) is 0 Å². The summed E-state index contributed by atoms with van der Waals surface area (Å²) in [7, 11) is 5.19. The van der Waals surface area contributed by atoms with Crippen LogP contribution < -0.4 is 20.1 Å². The van der Waals surface area contributed by atoms with Crippen LogP contribution in [-0.2, 0) is 0 Å². The molecular weight excluding hydrogens is 378 g/mol. The number of hydrogen-bond acceptors (Lipinski definition) is 4. The minimum atomic E-state index is -0.570. The standard InChI is InChI=1S/C21H26F2N4O2/c1-24-21(25-11-14-13-28-18-9-4-5-10-19(18)29-14)26-12-17(27(2)3)20-15(22)7-6-8-16(20)23/h4-10,14,17H,11-13H2,1-3H3,(H2,24,25,26). The number of rotatable bonds is 6. The molecule has 6 nitrogen and oxygen atoms in total. The summed E-state index contributed by atoms with van der Waals surface area (Å²) in [6, 6.07) is 10.9. The lowest BCUT2D eigenvalue weighted by atomic mass is 10.0. The highest BCUT2D eigenvalue weighted by Gasteiger charge is 2.23. The van der Waals surface area contributed by atoms with E-state index < -0.39 is 17.7 Å². The monoisotopic (exact) mass is 404 g/mol. The number of nitrogens with zero attached hydrogens (tertiary/aromatic N) is 2. The average Bonchev–Trinajstić information content (AvgIpc) is 2.71. The van der Waals surface area contributed by atoms with Crippen molar-refractivity contribution in [1.82, 2.24) is 15.5 Å². The largest absolute Gasteiger partial charge is 0.486 e. The lowest BCUT2D eigenvalue weighted by molar-refractivity contribution is 0.0936. The van der Waals surface area contributed by atoms with E-state index in [1.54, 1.807) is 26.0 Å². The Balaban J connectivity index is 1.57. The molecular formula is C21H26F2N4O2. The summed E-state index contributed by atoms with van der Waals surface area (Å²) >= 11 is 0. The van der Waals surface area contributed by atoms with Crippen LogP contribution in [0.5, 0.6) is 11.5 Å². The van der Waals surface area contributed by atoms with Crippen LogP contribution in [0.1, 0.15) is 11.6 Å². The number of fused-ring (bicyclic) bond motifs is 1. The summed E-state index contributed by atoms with van der Waals surface area (Å²) < 4.78 is 40.0. The van der Waals surface area contributed by atoms with Crippen LogP contribution in [-0.4, -0.2) is 57.8 Å². The molecule has 1 heterocycles. The minimum Gasteiger partial charge on any atom is -0.486 e. The van der Waals surface area contributed by atoms with Crippen molar-refractivity contribution in [2.45, 2.75) is 12.1 Å². The van der Waals surface area contributed by atoms with Crippen LogP contribution in [0.2, 0.25) is 0 Å². The van der Waals surface area contributed by atoms with Gasteiger partial charge in [0.2, 0.25) is 0 Å². The van der Waals surface area contributed by atoms with Gasteiger partial charge in [-0.3, -0.25) is 4.99 Å². The summed E-state index contributed by atoms with van der Waals surface area (Å²) in [5.41, 5.74) is 0.0288. The molecule has 0 aliphatic carbocycles. The van der Waals surface area contributed by atoms with E-state index in [0.717, 1.165) is 5.75 Å². The van der Waals surface area contributed by atoms with Gasteiger partial charge in [0.15, 0.2) is 17.5 Å². The summed E-state index contributed by atoms with van der Waals surface area (Å²) in [5, 5.41) is 6.30. The first-order valence-electron chi connectivity index (χ1n) is 9.43. The summed E-state index contributed by atoms with van der Waals surface area (Å²) in [5.74, 6) is 0.805. The van der Waals surface area contributed by atoms with E-state index in [-0.39, 0.29) is 18.2 Å². The maximum Gasteiger partial charge on any atom is 0.191 e. The van der Waals surface area contributed by atoms with Gasteiger partial charge in [-0.05, 0) is 38.4 Å². The Morgan fingerprint density at radius 1 is 1.10 bits per heavy atom. The van der Waals surface area contributed by atoms with E-state index >= 15 is 0 Å². The molecule has 0 saturated heterocycles. The predicted molar refractivity (Wildman–Crippen MR) is 109 cm³/mol. The number of halogens is 2. The lowest BCUT2D eigenvalue weighted by Crippen LogP contribution is -2.47. The number of guanidine groups is 1. The topological polar surface area (TPSA) is 58.1 Å². The van der Waals surface area contributed by atoms with E-state index in [0.29, 0.717) is 24.9 Å². The first-order valence-corrected chi connectivity index (χ1v) is 9.43. The molecule has 3 rings (SSSR count). The number of aliphatic imine (C=N–C) groups is 1. The molecule has 2 aromatic rings. The summed E-state index contributed by atoms with van der Waals surface area (Å²) in [6.07, 6.45) is -0.183. The van der Waals surface area contributed by atoms with Gasteiger partial charge in [-0.2, -0.15) is 0 Å². The summed E-state index contributed by atoms with van der Waals surface area (Å²) in [4.78, 5) is 5.94. The van der Waals surface area contributed by atoms with Crippen molar-refractivity contribution >= 4 is 5.96 Å². The molecule has 0 saturated carbocycles. The molecule has 1 aliphatic heterocycles. The van der Waals surface area contributed by atoms with Crippen molar-refractivity contribution in [1.29, 1.82) is 0 Å². The van der Waals surface area contributed by atoms with Crippen molar-refractivity contribution in [3.05, 3.63) is 59.7 Å². The Labute approximate surface area is 169 Å². The molecule has 2 unspecified atom stereocenters. The Morgan fingerprint density at radius 2 is 1.79 bits per heavy atom. The molecule has 1 aliphatic rings. The van der Waals surface area contributed by atoms with Crippen molar-refractivity contribution in [3.63, 3.8) is 0 Å². The normalized spacial score (nSPS) is 17.2. The number of ether oxygens (including phenoxy) is 2. The zero-order chi connectivity index (χ0) is 20.8. The Morgan fingerprint density at radius 3 is 2.45 bits per heavy atom. The first-order chi connectivity index (χ1) is 14.0. The Bertz CT molecular complexity index is 840. The zero-order valence-corrected chi connectivity index (χ0v) is 16.8. The molecule has 0 spiro atoms. The molecule has 2 atom stereocenters. The fourth-order valence-corrected chi connectivity index (χ4v) is 3.16. The van der Waals surface area contributed by atoms with Crippen LogP contribution in [0.25, 0.3) is 0 Å². The van der Waals surface area contributed by atoms with Crippen molar-refractivity contribution in [2.75, 3.05) is 40.8 Å². The van der Waals surface area contributed by atoms with Crippen LogP contribution in [0, 0.1) is 11.6 Å². The third-order valence-corrected chi connectivity index (χ3v) is 4.71. The second kappa shape index (κ2) is 9.56. The maximum atomic E-state index is 14.2. The number of para-hydroxylation sites is 2. The predicted octanol–water partition coefficient (Wildman–Crippen LogP) is 2.57. The molecule has 0 bridgehead atoms. The van der Waals surface area contributed by atoms with Crippen molar-refractivity contribution in [2.24, 2.45) is 4.99 Å². The van der Waals surface area contributed by atoms with Crippen molar-refractivity contribution < 1.29 is 18.3 Å². The van der Waals surface area contributed by atoms with Gasteiger partial charge in [0.05, 0.1) is 12.6 Å². The highest BCUT2D eigenvalue weighted by atomic mass is 19.1. The minimum absolute atomic E-state index is 0.0288. The van der Waals surface area contributed by atoms with Gasteiger partial charge in [0.1, 0.15) is 24.3 Å². The Kier molecular flexibility index (Phi) is 6.87. The highest BCUT2D eigenvalue weighted by Crippen LogP contribution is 2.30. The second-order valence-electron chi connectivity index (χ2n) is 6.95. The van der Waals surface area contributed by atoms with Crippen LogP contribution in [0.15, 0.2) is 47.5 Å². The fraction of sp³-hybridized carbons (Fsp3) is 0.381. The first kappa shape index (κ1) is 20.9. The quantitative estimate of drug-likeness (QED) is 0.573. The molecule has 0 radical (unpaired) electrons. The molecule has 2 N–H and O–H groups in total. The smallest absolute Gasteiger partial charge is 0.191 e. The maximum absolute atomic E-state index is 14.2. The zero-order valence-electron chi connectivity index (χ0n) is 16.8. The molecule has 156 valence electrons. The van der Waals surface area contributed by atoms with Gasteiger partial charge in [-0.25, -0.2) is 8.78 Å². The van der Waals surface area contributed by atoms with Gasteiger partial charge in [-0.15, -0.1) is 0 Å². The fourth-order valence-electron chi connectivity index (χ4n) is 3.16. The number of likely N-dealkylation sites (N-methyl/N-ethyl adjacent to an activating group) is 1. The van der Waals surface area contributed by atoms with E-state index in [4.69, 9.17) is 9.47 Å². The van der Waals surface area contributed by atoms with E-state index in [1.165, 1.54) is 18.2 Å². The highest BCUT2D eigenvalue weighted by molar-refractivity contribution is 5.79. The van der Waals surface area contributed by atoms with E-state index in [1.807, 2.05) is 24.3 Å². The van der Waals surface area contributed by atoms with Gasteiger partial charge < -0.3 is 25.0 Å². The Hall–Kier alpha value is -2.87. The molecule has 29 heavy (non-hydrogen) atoms. The number of hydrogen-bond donors (Lipinski definition) is 2. The number of nitrogens with one attached hydrogen (secondary N) is 2. The summed E-state index contributed by atoms with van der Waals surface area (Å²) in [6.45, 7) is 1.16. The van der Waals surface area contributed by atoms with Crippen LogP contribution in [0.4, 0.5) is 8.78 Å². The molecule has 8 heteroatoms. The van der Waals surface area contributed by atoms with Gasteiger partial charge >= 0.3 is 0 Å². The van der Waals surface area contributed by atoms with Gasteiger partial charge in [0, 0.05) is 19.2 Å². The number of benzene rings is 2. The third-order valence-electron chi connectivity index (χ3n) is 4.71. The van der Waals surface area contributed by atoms with Crippen LogP contribution >= 0.6 is 0 Å². The molecule has 0 amide bonds. The molecule has 0 aromatic heterocycles. The average molecular weight is 404 g/mol. The molecule has 0 fully saturated rings. The van der Waals surface area contributed by atoms with E-state index in [2.05, 4.69) is 15.6 Å². The third kappa shape index (κ3) is 5.14. The van der Waals surface area contributed by atoms with Crippen LogP contribution in [0.3, 0.4) is 0 Å². The lowest BCUT2D eigenvalue weighted by Gasteiger charge is -2.28. The molecule has 2 aromatic carbocycles. The SMILES string of the molecule is CN=C(NCC1COc2ccccc2O1)NCC(c1c(F)cccc1F)N(C)C. The second-order valence-corrected chi connectivity index (χ2v) is 6.95. The van der Waals surface area contributed by atoms with E-state index in [9.17, 15) is 8.78 Å². The van der Waals surface area contributed by atoms with Crippen molar-refractivity contribution in [3.8, 4) is 11.5 Å². The van der Waals surface area contributed by atoms with Gasteiger partial charge in [-0.1, -0.05) is 18.2 Å².